The van der Waals surface area contributed by atoms with Gasteiger partial charge >= 0.3 is 0 Å². The predicted molar refractivity (Wildman–Crippen MR) is 118 cm³/mol. The fourth-order valence-corrected chi connectivity index (χ4v) is 8.83. The molecular weight excluding hydrogens is 375 g/mol. The second-order valence-corrected chi connectivity index (χ2v) is 10.8. The van der Waals surface area contributed by atoms with E-state index in [-0.39, 0.29) is 0 Å². The number of hydrogen-bond acceptors (Lipinski definition) is 3. The third-order valence-corrected chi connectivity index (χ3v) is 9.90. The molecule has 0 unspecified atom stereocenters. The molecule has 4 heteroatoms. The van der Waals surface area contributed by atoms with Crippen molar-refractivity contribution in [2.24, 2.45) is 0 Å². The Balaban J connectivity index is 1.96. The van der Waals surface area contributed by atoms with E-state index in [4.69, 9.17) is 0 Å². The number of hydrogen-bond donors (Lipinski definition) is 1. The summed E-state index contributed by atoms with van der Waals surface area (Å²) in [6.45, 7) is 0. The summed E-state index contributed by atoms with van der Waals surface area (Å²) < 4.78 is 2.43. The first-order chi connectivity index (χ1) is 12.8. The molecule has 0 aliphatic carbocycles. The largest absolute Gasteiger partial charge is 0.240 e. The van der Waals surface area contributed by atoms with Gasteiger partial charge < -0.3 is 0 Å². The summed E-state index contributed by atoms with van der Waals surface area (Å²) in [5, 5.41) is 9.73. The average Bonchev–Trinajstić information content (AvgIpc) is 3.35. The van der Waals surface area contributed by atoms with Crippen LogP contribution in [0.15, 0.2) is 89.6 Å². The smallest absolute Gasteiger partial charge is 0.235 e. The average molecular weight is 391 g/mol. The molecule has 3 aromatic carbocycles. The van der Waals surface area contributed by atoms with Crippen LogP contribution in [0.1, 0.15) is 0 Å². The van der Waals surface area contributed by atoms with Crippen LogP contribution in [0, 0.1) is 0 Å². The molecule has 0 radical (unpaired) electrons. The van der Waals surface area contributed by atoms with Crippen molar-refractivity contribution in [2.75, 3.05) is 0 Å². The van der Waals surface area contributed by atoms with Crippen LogP contribution in [0.3, 0.4) is 0 Å². The molecule has 1 N–H and O–H groups in total. The molecule has 0 aliphatic rings. The van der Waals surface area contributed by atoms with Crippen LogP contribution in [0.2, 0.25) is 0 Å². The van der Waals surface area contributed by atoms with Gasteiger partial charge in [-0.05, 0) is 58.6 Å². The minimum absolute atomic E-state index is 1.000. The van der Waals surface area contributed by atoms with Crippen molar-refractivity contribution >= 4 is 66.2 Å². The van der Waals surface area contributed by atoms with E-state index in [1.54, 1.807) is 22.7 Å². The van der Waals surface area contributed by atoms with Crippen LogP contribution in [-0.4, -0.2) is 4.89 Å². The Hall–Kier alpha value is -2.03. The maximum absolute atomic E-state index is 12.4. The zero-order valence-electron chi connectivity index (χ0n) is 13.9. The molecule has 2 aromatic heterocycles. The van der Waals surface area contributed by atoms with Gasteiger partial charge in [0.2, 0.25) is 7.49 Å². The molecule has 5 rings (SSSR count). The first kappa shape index (κ1) is 16.2. The van der Waals surface area contributed by atoms with Crippen LogP contribution in [0.25, 0.3) is 20.2 Å². The first-order valence-electron chi connectivity index (χ1n) is 8.39. The Morgan fingerprint density at radius 1 is 0.692 bits per heavy atom. The lowest BCUT2D eigenvalue weighted by Crippen LogP contribution is -2.31. The second kappa shape index (κ2) is 6.29. The highest BCUT2D eigenvalue weighted by molar-refractivity contribution is 7.92. The third kappa shape index (κ3) is 2.36. The number of fused-ring (bicyclic) bond motifs is 2. The molecule has 0 aliphatic heterocycles. The van der Waals surface area contributed by atoms with Crippen LogP contribution in [0.5, 0.6) is 0 Å². The molecule has 5 aromatic rings. The van der Waals surface area contributed by atoms with Gasteiger partial charge in [0.05, 0.1) is 4.70 Å². The Morgan fingerprint density at radius 2 is 1.31 bits per heavy atom. The first-order valence-corrected chi connectivity index (χ1v) is 11.9. The van der Waals surface area contributed by atoms with Gasteiger partial charge in [0.1, 0.15) is 10.6 Å². The van der Waals surface area contributed by atoms with E-state index >= 15 is 0 Å². The molecule has 0 atom stereocenters. The van der Waals surface area contributed by atoms with Crippen molar-refractivity contribution in [3.63, 3.8) is 0 Å². The minimum Gasteiger partial charge on any atom is -0.235 e. The molecule has 1 nitrogen and oxygen atoms in total. The Labute approximate surface area is 160 Å². The lowest BCUT2D eigenvalue weighted by Gasteiger charge is -2.21. The van der Waals surface area contributed by atoms with Gasteiger partial charge in [-0.2, -0.15) is 0 Å². The third-order valence-electron chi connectivity index (χ3n) is 4.73. The van der Waals surface area contributed by atoms with E-state index in [0.29, 0.717) is 0 Å². The van der Waals surface area contributed by atoms with Crippen molar-refractivity contribution in [2.45, 2.75) is 0 Å². The Morgan fingerprint density at radius 3 is 1.96 bits per heavy atom. The summed E-state index contributed by atoms with van der Waals surface area (Å²) in [6.07, 6.45) is 0. The van der Waals surface area contributed by atoms with E-state index in [2.05, 4.69) is 53.2 Å². The number of rotatable bonds is 3. The molecule has 26 heavy (non-hydrogen) atoms. The molecular formula is C22H16OPS2+. The van der Waals surface area contributed by atoms with Crippen molar-refractivity contribution in [3.05, 3.63) is 89.6 Å². The molecule has 0 spiro atoms. The minimum atomic E-state index is -2.73. The summed E-state index contributed by atoms with van der Waals surface area (Å²) >= 11 is 3.46. The van der Waals surface area contributed by atoms with E-state index in [1.165, 1.54) is 20.2 Å². The Bertz CT molecular complexity index is 1100. The van der Waals surface area contributed by atoms with Crippen molar-refractivity contribution in [1.29, 1.82) is 0 Å². The van der Waals surface area contributed by atoms with E-state index < -0.39 is 7.49 Å². The van der Waals surface area contributed by atoms with Gasteiger partial charge in [0, 0.05) is 10.1 Å². The quantitative estimate of drug-likeness (QED) is 0.413. The van der Waals surface area contributed by atoms with Gasteiger partial charge in [-0.1, -0.05) is 36.4 Å². The molecule has 2 heterocycles. The molecule has 126 valence electrons. The standard InChI is InChI=1S/C22H16OPS2/c23-24(17-7-3-1-4-8-17,18-9-5-2-6-10-18)21-19-12-14-25-20(19)15-16-11-13-26-22(16)21/h1-15,23H/q+1. The Kier molecular flexibility index (Phi) is 3.91. The topological polar surface area (TPSA) is 20.2 Å². The van der Waals surface area contributed by atoms with Gasteiger partial charge in [-0.15, -0.1) is 22.7 Å². The van der Waals surface area contributed by atoms with Crippen LogP contribution in [0.4, 0.5) is 0 Å². The molecule has 0 fully saturated rings. The molecule has 0 saturated carbocycles. The number of benzene rings is 3. The van der Waals surface area contributed by atoms with Crippen molar-refractivity contribution in [1.82, 2.24) is 0 Å². The van der Waals surface area contributed by atoms with E-state index in [1.807, 2.05) is 36.4 Å². The van der Waals surface area contributed by atoms with Crippen molar-refractivity contribution in [3.8, 4) is 0 Å². The zero-order valence-corrected chi connectivity index (χ0v) is 16.4. The van der Waals surface area contributed by atoms with Crippen molar-refractivity contribution < 1.29 is 4.89 Å². The fourth-order valence-electron chi connectivity index (χ4n) is 3.53. The fraction of sp³-hybridized carbons (Fsp3) is 0. The second-order valence-electron chi connectivity index (χ2n) is 6.20. The highest BCUT2D eigenvalue weighted by Gasteiger charge is 2.47. The molecule has 0 saturated heterocycles. The highest BCUT2D eigenvalue weighted by atomic mass is 32.1. The van der Waals surface area contributed by atoms with Gasteiger partial charge in [-0.3, -0.25) is 0 Å². The van der Waals surface area contributed by atoms with Gasteiger partial charge in [0.25, 0.3) is 0 Å². The molecule has 0 amide bonds. The van der Waals surface area contributed by atoms with Crippen LogP contribution >= 0.6 is 30.2 Å². The summed E-state index contributed by atoms with van der Waals surface area (Å²) in [4.78, 5) is 12.4. The van der Waals surface area contributed by atoms with Gasteiger partial charge in [0.15, 0.2) is 5.30 Å². The lowest BCUT2D eigenvalue weighted by molar-refractivity contribution is 0.634. The summed E-state index contributed by atoms with van der Waals surface area (Å²) in [5.74, 6) is 0. The van der Waals surface area contributed by atoms with Gasteiger partial charge in [-0.25, -0.2) is 4.89 Å². The summed E-state index contributed by atoms with van der Waals surface area (Å²) in [7, 11) is -2.73. The maximum atomic E-state index is 12.4. The number of thiophene rings is 2. The zero-order chi connectivity index (χ0) is 17.6. The summed E-state index contributed by atoms with van der Waals surface area (Å²) in [6, 6.07) is 26.9. The van der Waals surface area contributed by atoms with E-state index in [9.17, 15) is 4.89 Å². The monoisotopic (exact) mass is 391 g/mol. The van der Waals surface area contributed by atoms with Crippen LogP contribution in [-0.2, 0) is 0 Å². The molecule has 0 bridgehead atoms. The van der Waals surface area contributed by atoms with Crippen LogP contribution < -0.4 is 15.9 Å². The summed E-state index contributed by atoms with van der Waals surface area (Å²) in [5.41, 5.74) is 0. The predicted octanol–water partition coefficient (Wildman–Crippen LogP) is 5.32. The normalized spacial score (nSPS) is 12.0. The maximum Gasteiger partial charge on any atom is 0.240 e. The lowest BCUT2D eigenvalue weighted by atomic mass is 10.2. The highest BCUT2D eigenvalue weighted by Crippen LogP contribution is 2.55. The van der Waals surface area contributed by atoms with E-state index in [0.717, 1.165) is 15.9 Å². The SMILES string of the molecule is O[P+](c1ccccc1)(c1ccccc1)c1c2ccsc2cc2ccsc12.